The van der Waals surface area contributed by atoms with Gasteiger partial charge in [-0.3, -0.25) is 9.59 Å². The van der Waals surface area contributed by atoms with Gasteiger partial charge in [-0.25, -0.2) is 9.59 Å². The molecule has 2 saturated heterocycles. The molecule has 0 bridgehead atoms. The summed E-state index contributed by atoms with van der Waals surface area (Å²) in [6.45, 7) is 16.3. The van der Waals surface area contributed by atoms with Gasteiger partial charge in [0.2, 0.25) is 0 Å². The second-order valence-electron chi connectivity index (χ2n) is 12.0. The molecule has 3 saturated carbocycles. The minimum Gasteiger partial charge on any atom is -0.458 e. The highest BCUT2D eigenvalue weighted by Crippen LogP contribution is 2.69. The molecular formula is C30H30O7. The van der Waals surface area contributed by atoms with E-state index < -0.39 is 52.8 Å². The highest BCUT2D eigenvalue weighted by molar-refractivity contribution is 6.14. The van der Waals surface area contributed by atoms with Gasteiger partial charge in [0, 0.05) is 46.8 Å². The Morgan fingerprint density at radius 1 is 0.784 bits per heavy atom. The van der Waals surface area contributed by atoms with Crippen molar-refractivity contribution in [2.24, 2.45) is 35.0 Å². The van der Waals surface area contributed by atoms with Crippen molar-refractivity contribution in [1.82, 2.24) is 0 Å². The molecule has 0 unspecified atom stereocenters. The predicted octanol–water partition coefficient (Wildman–Crippen LogP) is 3.09. The fourth-order valence-electron chi connectivity index (χ4n) is 9.21. The van der Waals surface area contributed by atoms with Crippen LogP contribution in [0.1, 0.15) is 44.9 Å². The van der Waals surface area contributed by atoms with Crippen LogP contribution in [0.2, 0.25) is 0 Å². The average Bonchev–Trinajstić information content (AvgIpc) is 3.40. The minimum absolute atomic E-state index is 0.143. The van der Waals surface area contributed by atoms with E-state index in [9.17, 15) is 24.3 Å². The molecular weight excluding hydrogens is 472 g/mol. The van der Waals surface area contributed by atoms with E-state index in [1.807, 2.05) is 0 Å². The number of rotatable bonds is 0. The summed E-state index contributed by atoms with van der Waals surface area (Å²) in [7, 11) is 0. The normalized spacial score (nSPS) is 46.5. The zero-order valence-corrected chi connectivity index (χ0v) is 20.7. The van der Waals surface area contributed by atoms with Crippen molar-refractivity contribution in [1.29, 1.82) is 0 Å². The molecule has 7 aliphatic rings. The SMILES string of the molecule is C=C1C(=O)[C@]2(O)C3=C(CC[C@H]4C(=C)C(=O)O[C@@H]4[C@@H]13)CC[C@]21C(=O)C[C@H]2C(=C)CC[C@H]3C(=C)C(=O)O[C@@H]3[C@H]21. The van der Waals surface area contributed by atoms with E-state index in [4.69, 9.17) is 9.47 Å². The number of allylic oxidation sites excluding steroid dienone is 2. The standard InChI is InChI=1S/C30H30O7/c1-12-5-7-18-14(3)28(34)37-25(18)23-19(12)11-20(31)29(23)10-9-16-6-8-17-13(2)27(33)36-24(17)21-15(4)26(32)30(29,35)22(16)21/h17-19,21,23-25,35H,1-11H2/t17-,18-,19-,21-,23-,24-,25-,29+,30+/m0/s1. The van der Waals surface area contributed by atoms with Crippen LogP contribution in [0.3, 0.4) is 0 Å². The third-order valence-electron chi connectivity index (χ3n) is 10.9. The lowest BCUT2D eigenvalue weighted by Crippen LogP contribution is -2.62. The van der Waals surface area contributed by atoms with Crippen LogP contribution in [0, 0.1) is 35.0 Å². The summed E-state index contributed by atoms with van der Waals surface area (Å²) in [5, 5.41) is 12.8. The molecule has 7 heteroatoms. The minimum atomic E-state index is -2.13. The maximum Gasteiger partial charge on any atom is 0.334 e. The molecule has 5 aliphatic carbocycles. The summed E-state index contributed by atoms with van der Waals surface area (Å²) in [6, 6.07) is 0. The van der Waals surface area contributed by atoms with Crippen molar-refractivity contribution >= 4 is 23.5 Å². The summed E-state index contributed by atoms with van der Waals surface area (Å²) >= 11 is 0. The molecule has 5 fully saturated rings. The molecule has 0 aromatic heterocycles. The maximum atomic E-state index is 14.2. The van der Waals surface area contributed by atoms with Crippen LogP contribution >= 0.6 is 0 Å². The van der Waals surface area contributed by atoms with Gasteiger partial charge in [0.25, 0.3) is 0 Å². The summed E-state index contributed by atoms with van der Waals surface area (Å²) in [6.07, 6.45) is 2.06. The van der Waals surface area contributed by atoms with Gasteiger partial charge in [-0.05, 0) is 50.0 Å². The number of ketones is 2. The molecule has 0 amide bonds. The highest BCUT2D eigenvalue weighted by atomic mass is 16.6. The number of hydrogen-bond acceptors (Lipinski definition) is 7. The zero-order chi connectivity index (χ0) is 26.2. The van der Waals surface area contributed by atoms with Crippen LogP contribution in [0.4, 0.5) is 0 Å². The maximum absolute atomic E-state index is 14.2. The number of aliphatic hydroxyl groups is 1. The van der Waals surface area contributed by atoms with Gasteiger partial charge < -0.3 is 14.6 Å². The first kappa shape index (κ1) is 23.1. The third kappa shape index (κ3) is 2.43. The first-order valence-electron chi connectivity index (χ1n) is 13.2. The molecule has 7 nitrogen and oxygen atoms in total. The molecule has 37 heavy (non-hydrogen) atoms. The smallest absolute Gasteiger partial charge is 0.334 e. The van der Waals surface area contributed by atoms with Gasteiger partial charge in [0.05, 0.1) is 5.41 Å². The van der Waals surface area contributed by atoms with Gasteiger partial charge in [-0.1, -0.05) is 37.5 Å². The zero-order valence-electron chi connectivity index (χ0n) is 20.7. The van der Waals surface area contributed by atoms with Crippen molar-refractivity contribution in [3.05, 3.63) is 59.8 Å². The van der Waals surface area contributed by atoms with Crippen molar-refractivity contribution in [2.45, 2.75) is 62.8 Å². The second-order valence-corrected chi connectivity index (χ2v) is 12.0. The van der Waals surface area contributed by atoms with E-state index in [0.29, 0.717) is 48.8 Å². The lowest BCUT2D eigenvalue weighted by molar-refractivity contribution is -0.169. The fourth-order valence-corrected chi connectivity index (χ4v) is 9.21. The van der Waals surface area contributed by atoms with E-state index in [2.05, 4.69) is 26.3 Å². The molecule has 2 aliphatic heterocycles. The van der Waals surface area contributed by atoms with Crippen molar-refractivity contribution in [2.75, 3.05) is 0 Å². The van der Waals surface area contributed by atoms with Gasteiger partial charge in [-0.15, -0.1) is 0 Å². The summed E-state index contributed by atoms with van der Waals surface area (Å²) in [4.78, 5) is 53.5. The number of carbonyl (C=O) groups excluding carboxylic acids is 4. The van der Waals surface area contributed by atoms with Crippen LogP contribution in [0.5, 0.6) is 0 Å². The Kier molecular flexibility index (Phi) is 4.41. The molecule has 7 rings (SSSR count). The van der Waals surface area contributed by atoms with E-state index in [0.717, 1.165) is 11.1 Å². The fraction of sp³-hybridized carbons (Fsp3) is 0.533. The largest absolute Gasteiger partial charge is 0.458 e. The van der Waals surface area contributed by atoms with E-state index in [1.54, 1.807) is 0 Å². The van der Waals surface area contributed by atoms with Crippen LogP contribution in [-0.4, -0.2) is 46.4 Å². The molecule has 9 atom stereocenters. The first-order chi connectivity index (χ1) is 17.5. The van der Waals surface area contributed by atoms with Crippen molar-refractivity contribution < 1.29 is 33.8 Å². The molecule has 0 radical (unpaired) electrons. The van der Waals surface area contributed by atoms with E-state index in [1.165, 1.54) is 0 Å². The Bertz CT molecular complexity index is 1330. The van der Waals surface area contributed by atoms with Gasteiger partial charge >= 0.3 is 11.9 Å². The number of hydrogen-bond donors (Lipinski definition) is 1. The number of fused-ring (bicyclic) bond motifs is 7. The number of Topliss-reactive ketones (excluding diaryl/α,β-unsaturated/α-hetero) is 2. The lowest BCUT2D eigenvalue weighted by atomic mass is 9.53. The van der Waals surface area contributed by atoms with Crippen LogP contribution in [-0.2, 0) is 28.7 Å². The van der Waals surface area contributed by atoms with Crippen LogP contribution in [0.15, 0.2) is 59.8 Å². The van der Waals surface area contributed by atoms with Gasteiger partial charge in [0.15, 0.2) is 11.4 Å². The van der Waals surface area contributed by atoms with E-state index >= 15 is 0 Å². The third-order valence-corrected chi connectivity index (χ3v) is 10.9. The molecule has 1 spiro atoms. The molecule has 192 valence electrons. The Morgan fingerprint density at radius 3 is 2.11 bits per heavy atom. The van der Waals surface area contributed by atoms with Crippen molar-refractivity contribution in [3.8, 4) is 0 Å². The summed E-state index contributed by atoms with van der Waals surface area (Å²) in [5.41, 5.74) is -0.357. The molecule has 1 N–H and O–H groups in total. The number of carbonyl (C=O) groups is 4. The van der Waals surface area contributed by atoms with Crippen LogP contribution in [0.25, 0.3) is 0 Å². The highest BCUT2D eigenvalue weighted by Gasteiger charge is 2.77. The number of ether oxygens (including phenoxy) is 2. The Hall–Kier alpha value is -3.06. The van der Waals surface area contributed by atoms with Gasteiger partial charge in [0.1, 0.15) is 18.0 Å². The average molecular weight is 503 g/mol. The molecule has 0 aromatic rings. The molecule has 2 heterocycles. The quantitative estimate of drug-likeness (QED) is 0.308. The second kappa shape index (κ2) is 7.07. The van der Waals surface area contributed by atoms with Crippen molar-refractivity contribution in [3.63, 3.8) is 0 Å². The van der Waals surface area contributed by atoms with Crippen LogP contribution < -0.4 is 0 Å². The first-order valence-corrected chi connectivity index (χ1v) is 13.2. The predicted molar refractivity (Wildman–Crippen MR) is 131 cm³/mol. The number of esters is 2. The Labute approximate surface area is 215 Å². The van der Waals surface area contributed by atoms with E-state index in [-0.39, 0.29) is 42.0 Å². The lowest BCUT2D eigenvalue weighted by Gasteiger charge is -2.51. The topological polar surface area (TPSA) is 107 Å². The Balaban J connectivity index is 1.44. The summed E-state index contributed by atoms with van der Waals surface area (Å²) in [5.74, 6) is -3.92. The molecule has 0 aromatic carbocycles. The van der Waals surface area contributed by atoms with Gasteiger partial charge in [-0.2, -0.15) is 0 Å². The monoisotopic (exact) mass is 502 g/mol. The Morgan fingerprint density at radius 2 is 1.41 bits per heavy atom. The summed E-state index contributed by atoms with van der Waals surface area (Å²) < 4.78 is 11.6.